The van der Waals surface area contributed by atoms with Gasteiger partial charge in [-0.2, -0.15) is 5.10 Å². The van der Waals surface area contributed by atoms with Crippen LogP contribution in [0.15, 0.2) is 24.3 Å². The summed E-state index contributed by atoms with van der Waals surface area (Å²) in [6, 6.07) is 7.17. The summed E-state index contributed by atoms with van der Waals surface area (Å²) >= 11 is 0. The van der Waals surface area contributed by atoms with Crippen LogP contribution in [0.25, 0.3) is 5.69 Å². The van der Waals surface area contributed by atoms with Gasteiger partial charge in [-0.1, -0.05) is 0 Å². The van der Waals surface area contributed by atoms with Crippen LogP contribution in [0.1, 0.15) is 47.6 Å². The molecule has 146 valence electrons. The molecule has 0 aliphatic carbocycles. The Balaban J connectivity index is 2.19. The van der Waals surface area contributed by atoms with Crippen molar-refractivity contribution < 1.29 is 19.4 Å². The Bertz CT molecular complexity index is 822. The minimum atomic E-state index is -0.826. The van der Waals surface area contributed by atoms with Crippen molar-refractivity contribution in [3.8, 4) is 5.69 Å². The Morgan fingerprint density at radius 2 is 1.85 bits per heavy atom. The molecule has 0 fully saturated rings. The predicted octanol–water partition coefficient (Wildman–Crippen LogP) is 2.66. The molecule has 1 aromatic heterocycles. The molecule has 0 radical (unpaired) electrons. The van der Waals surface area contributed by atoms with Crippen LogP contribution in [0.4, 0.5) is 0 Å². The highest BCUT2D eigenvalue weighted by Crippen LogP contribution is 2.20. The minimum Gasteiger partial charge on any atom is -0.481 e. The van der Waals surface area contributed by atoms with Gasteiger partial charge in [0.15, 0.2) is 0 Å². The second-order valence-electron chi connectivity index (χ2n) is 7.27. The highest BCUT2D eigenvalue weighted by atomic mass is 16.5. The number of carboxylic acid groups (broad SMARTS) is 1. The van der Waals surface area contributed by atoms with Crippen LogP contribution in [-0.4, -0.2) is 46.0 Å². The van der Waals surface area contributed by atoms with Crippen molar-refractivity contribution in [1.82, 2.24) is 15.1 Å². The third-order valence-corrected chi connectivity index (χ3v) is 4.36. The lowest BCUT2D eigenvalue weighted by molar-refractivity contribution is -0.136. The van der Waals surface area contributed by atoms with E-state index in [1.165, 1.54) is 0 Å². The lowest BCUT2D eigenvalue weighted by Crippen LogP contribution is -2.46. The van der Waals surface area contributed by atoms with Crippen LogP contribution in [0, 0.1) is 13.8 Å². The molecule has 0 atom stereocenters. The lowest BCUT2D eigenvalue weighted by Gasteiger charge is -2.25. The quantitative estimate of drug-likeness (QED) is 0.742. The number of amides is 1. The molecule has 2 N–H and O–H groups in total. The van der Waals surface area contributed by atoms with Gasteiger partial charge in [-0.3, -0.25) is 9.59 Å². The summed E-state index contributed by atoms with van der Waals surface area (Å²) in [4.78, 5) is 23.3. The highest BCUT2D eigenvalue weighted by molar-refractivity contribution is 5.94. The van der Waals surface area contributed by atoms with E-state index < -0.39 is 11.5 Å². The van der Waals surface area contributed by atoms with Crippen molar-refractivity contribution in [2.75, 3.05) is 13.7 Å². The third kappa shape index (κ3) is 5.17. The Hall–Kier alpha value is -2.67. The van der Waals surface area contributed by atoms with Gasteiger partial charge in [-0.05, 0) is 63.9 Å². The summed E-state index contributed by atoms with van der Waals surface area (Å²) in [5.74, 6) is -0.993. The zero-order valence-corrected chi connectivity index (χ0v) is 16.5. The fraction of sp³-hybridized carbons (Fsp3) is 0.450. The van der Waals surface area contributed by atoms with Crippen LogP contribution >= 0.6 is 0 Å². The number of nitrogens with zero attached hydrogens (tertiary/aromatic N) is 2. The lowest BCUT2D eigenvalue weighted by atomic mass is 10.1. The molecule has 27 heavy (non-hydrogen) atoms. The second kappa shape index (κ2) is 8.35. The number of nitrogens with one attached hydrogen (secondary N) is 1. The standard InChI is InChI=1S/C20H27N3O4/c1-13-17(10-11-18(24)25)14(2)23(22-13)16-8-6-15(7-9-16)19(26)21-20(3,4)12-27-5/h6-9H,10-12H2,1-5H3,(H,21,26)(H,24,25). The molecule has 2 rings (SSSR count). The second-order valence-corrected chi connectivity index (χ2v) is 7.27. The SMILES string of the molecule is COCC(C)(C)NC(=O)c1ccc(-n2nc(C)c(CCC(=O)O)c2C)cc1. The van der Waals surface area contributed by atoms with Crippen LogP contribution < -0.4 is 5.32 Å². The van der Waals surface area contributed by atoms with Crippen molar-refractivity contribution in [1.29, 1.82) is 0 Å². The molecule has 0 saturated carbocycles. The first-order valence-corrected chi connectivity index (χ1v) is 8.83. The van der Waals surface area contributed by atoms with Gasteiger partial charge in [0, 0.05) is 24.8 Å². The van der Waals surface area contributed by atoms with Crippen LogP contribution in [0.3, 0.4) is 0 Å². The smallest absolute Gasteiger partial charge is 0.303 e. The molecule has 2 aromatic rings. The number of hydrogen-bond donors (Lipinski definition) is 2. The maximum atomic E-state index is 12.4. The van der Waals surface area contributed by atoms with Crippen molar-refractivity contribution in [2.24, 2.45) is 0 Å². The number of rotatable bonds is 8. The van der Waals surface area contributed by atoms with Gasteiger partial charge in [0.2, 0.25) is 0 Å². The summed E-state index contributed by atoms with van der Waals surface area (Å²) in [5, 5.41) is 16.4. The van der Waals surface area contributed by atoms with Crippen LogP contribution in [-0.2, 0) is 16.0 Å². The number of aryl methyl sites for hydroxylation is 1. The molecule has 0 aliphatic heterocycles. The highest BCUT2D eigenvalue weighted by Gasteiger charge is 2.21. The molecule has 0 unspecified atom stereocenters. The molecular formula is C20H27N3O4. The third-order valence-electron chi connectivity index (χ3n) is 4.36. The van der Waals surface area contributed by atoms with E-state index in [4.69, 9.17) is 9.84 Å². The van der Waals surface area contributed by atoms with Crippen molar-refractivity contribution in [3.05, 3.63) is 46.8 Å². The number of methoxy groups -OCH3 is 1. The molecular weight excluding hydrogens is 346 g/mol. The molecule has 0 saturated heterocycles. The average molecular weight is 373 g/mol. The first-order valence-electron chi connectivity index (χ1n) is 8.83. The molecule has 7 heteroatoms. The molecule has 0 bridgehead atoms. The summed E-state index contributed by atoms with van der Waals surface area (Å²) < 4.78 is 6.90. The summed E-state index contributed by atoms with van der Waals surface area (Å²) in [6.45, 7) is 8.02. The molecule has 1 aromatic carbocycles. The zero-order valence-electron chi connectivity index (χ0n) is 16.5. The fourth-order valence-electron chi connectivity index (χ4n) is 3.05. The average Bonchev–Trinajstić information content (AvgIpc) is 2.86. The van der Waals surface area contributed by atoms with Crippen LogP contribution in [0.5, 0.6) is 0 Å². The first-order chi connectivity index (χ1) is 12.6. The van der Waals surface area contributed by atoms with Gasteiger partial charge in [0.1, 0.15) is 0 Å². The number of carbonyl (C=O) groups is 2. The van der Waals surface area contributed by atoms with E-state index >= 15 is 0 Å². The molecule has 0 spiro atoms. The predicted molar refractivity (Wildman–Crippen MR) is 102 cm³/mol. The van der Waals surface area contributed by atoms with E-state index in [2.05, 4.69) is 10.4 Å². The van der Waals surface area contributed by atoms with Gasteiger partial charge in [-0.15, -0.1) is 0 Å². The number of aromatic nitrogens is 2. The topological polar surface area (TPSA) is 93.5 Å². The maximum Gasteiger partial charge on any atom is 0.303 e. The van der Waals surface area contributed by atoms with E-state index in [1.54, 1.807) is 23.9 Å². The maximum absolute atomic E-state index is 12.4. The zero-order chi connectivity index (χ0) is 20.2. The summed E-state index contributed by atoms with van der Waals surface area (Å²) in [5.41, 5.74) is 3.59. The molecule has 7 nitrogen and oxygen atoms in total. The minimum absolute atomic E-state index is 0.0732. The molecule has 0 aliphatic rings. The van der Waals surface area contributed by atoms with E-state index in [0.29, 0.717) is 18.6 Å². The van der Waals surface area contributed by atoms with Crippen molar-refractivity contribution in [2.45, 2.75) is 46.1 Å². The Kier molecular flexibility index (Phi) is 6.38. The van der Waals surface area contributed by atoms with E-state index in [0.717, 1.165) is 22.6 Å². The number of carboxylic acids is 1. The Morgan fingerprint density at radius 1 is 1.22 bits per heavy atom. The number of hydrogen-bond acceptors (Lipinski definition) is 4. The number of benzene rings is 1. The van der Waals surface area contributed by atoms with Crippen molar-refractivity contribution >= 4 is 11.9 Å². The Morgan fingerprint density at radius 3 is 2.41 bits per heavy atom. The number of carbonyl (C=O) groups excluding carboxylic acids is 1. The van der Waals surface area contributed by atoms with E-state index in [-0.39, 0.29) is 12.3 Å². The van der Waals surface area contributed by atoms with Gasteiger partial charge in [0.05, 0.1) is 23.5 Å². The number of ether oxygens (including phenoxy) is 1. The monoisotopic (exact) mass is 373 g/mol. The fourth-order valence-corrected chi connectivity index (χ4v) is 3.05. The molecule has 1 heterocycles. The van der Waals surface area contributed by atoms with Crippen molar-refractivity contribution in [3.63, 3.8) is 0 Å². The molecule has 1 amide bonds. The number of aliphatic carboxylic acids is 1. The van der Waals surface area contributed by atoms with Gasteiger partial charge in [0.25, 0.3) is 5.91 Å². The van der Waals surface area contributed by atoms with Gasteiger partial charge in [-0.25, -0.2) is 4.68 Å². The largest absolute Gasteiger partial charge is 0.481 e. The van der Waals surface area contributed by atoms with E-state index in [1.807, 2.05) is 39.8 Å². The van der Waals surface area contributed by atoms with Gasteiger partial charge < -0.3 is 15.2 Å². The van der Waals surface area contributed by atoms with Crippen LogP contribution in [0.2, 0.25) is 0 Å². The van der Waals surface area contributed by atoms with E-state index in [9.17, 15) is 9.59 Å². The normalized spacial score (nSPS) is 11.4. The Labute approximate surface area is 159 Å². The summed E-state index contributed by atoms with van der Waals surface area (Å²) in [7, 11) is 1.60. The summed E-state index contributed by atoms with van der Waals surface area (Å²) in [6.07, 6.45) is 0.520. The van der Waals surface area contributed by atoms with Gasteiger partial charge >= 0.3 is 5.97 Å². The first kappa shape index (κ1) is 20.6.